The van der Waals surface area contributed by atoms with E-state index in [4.69, 9.17) is 25.6 Å². The molecule has 3 aromatic rings. The lowest BCUT2D eigenvalue weighted by atomic mass is 10.2. The minimum atomic E-state index is 0. The van der Waals surface area contributed by atoms with E-state index in [0.29, 0.717) is 48.9 Å². The molecule has 2 aromatic carbocycles. The summed E-state index contributed by atoms with van der Waals surface area (Å²) in [7, 11) is 3.39. The molecule has 0 aliphatic carbocycles. The Morgan fingerprint density at radius 3 is 2.78 bits per heavy atom. The predicted molar refractivity (Wildman–Crippen MR) is 137 cm³/mol. The van der Waals surface area contributed by atoms with Gasteiger partial charge in [-0.1, -0.05) is 35.0 Å². The molecule has 0 saturated heterocycles. The summed E-state index contributed by atoms with van der Waals surface area (Å²) < 4.78 is 16.1. The number of methoxy groups -OCH3 is 1. The Morgan fingerprint density at radius 2 is 2.00 bits per heavy atom. The van der Waals surface area contributed by atoms with Gasteiger partial charge in [0.2, 0.25) is 11.7 Å². The van der Waals surface area contributed by atoms with E-state index in [0.717, 1.165) is 23.4 Å². The molecular formula is C22H27ClIN5O3. The molecular weight excluding hydrogens is 545 g/mol. The Kier molecular flexibility index (Phi) is 11.3. The second kappa shape index (κ2) is 13.9. The summed E-state index contributed by atoms with van der Waals surface area (Å²) in [5.41, 5.74) is 1.69. The molecule has 1 aromatic heterocycles. The van der Waals surface area contributed by atoms with E-state index >= 15 is 0 Å². The van der Waals surface area contributed by atoms with Crippen molar-refractivity contribution in [2.24, 2.45) is 4.99 Å². The number of nitrogens with zero attached hydrogens (tertiary/aromatic N) is 3. The van der Waals surface area contributed by atoms with Crippen molar-refractivity contribution < 1.29 is 14.0 Å². The van der Waals surface area contributed by atoms with Crippen molar-refractivity contribution in [1.82, 2.24) is 15.5 Å². The zero-order chi connectivity index (χ0) is 21.9. The Balaban J connectivity index is 0.00000363. The lowest BCUT2D eigenvalue weighted by Crippen LogP contribution is -2.32. The molecule has 0 amide bonds. The number of aromatic nitrogens is 2. The van der Waals surface area contributed by atoms with Crippen LogP contribution >= 0.6 is 35.6 Å². The highest BCUT2D eigenvalue weighted by atomic mass is 127. The predicted octanol–water partition coefficient (Wildman–Crippen LogP) is 4.65. The van der Waals surface area contributed by atoms with Crippen LogP contribution in [0.1, 0.15) is 12.3 Å². The van der Waals surface area contributed by atoms with E-state index in [1.165, 1.54) is 0 Å². The molecule has 0 aliphatic rings. The average Bonchev–Trinajstić information content (AvgIpc) is 3.25. The summed E-state index contributed by atoms with van der Waals surface area (Å²) in [4.78, 5) is 8.67. The summed E-state index contributed by atoms with van der Waals surface area (Å²) in [6.45, 7) is 1.85. The first-order valence-electron chi connectivity index (χ1n) is 9.96. The Morgan fingerprint density at radius 1 is 1.16 bits per heavy atom. The molecule has 172 valence electrons. The van der Waals surface area contributed by atoms with E-state index in [1.807, 2.05) is 36.4 Å². The van der Waals surface area contributed by atoms with Crippen LogP contribution in [0.25, 0.3) is 11.4 Å². The van der Waals surface area contributed by atoms with Gasteiger partial charge in [0.1, 0.15) is 5.75 Å². The molecule has 0 spiro atoms. The maximum Gasteiger partial charge on any atom is 0.228 e. The number of halogens is 2. The van der Waals surface area contributed by atoms with Gasteiger partial charge in [-0.3, -0.25) is 4.99 Å². The summed E-state index contributed by atoms with van der Waals surface area (Å²) in [6.07, 6.45) is 1.39. The number of anilines is 1. The van der Waals surface area contributed by atoms with Crippen molar-refractivity contribution in [3.05, 3.63) is 59.4 Å². The molecule has 10 heteroatoms. The van der Waals surface area contributed by atoms with Gasteiger partial charge in [-0.2, -0.15) is 4.98 Å². The fourth-order valence-corrected chi connectivity index (χ4v) is 2.95. The van der Waals surface area contributed by atoms with Gasteiger partial charge in [0, 0.05) is 62.5 Å². The minimum absolute atomic E-state index is 0. The fraction of sp³-hybridized carbons (Fsp3) is 0.318. The first kappa shape index (κ1) is 25.9. The smallest absolute Gasteiger partial charge is 0.228 e. The standard InChI is InChI=1S/C22H26ClN5O3.HI/c1-24-22(26-18-8-4-9-19(15-18)30-13-5-12-29-2)25-11-10-20-27-21(28-31-20)16-6-3-7-17(23)14-16;/h3-4,6-9,14-15H,5,10-13H2,1-2H3,(H2,24,25,26);1H. The van der Waals surface area contributed by atoms with Crippen molar-refractivity contribution in [3.63, 3.8) is 0 Å². The number of guanidine groups is 1. The number of hydrogen-bond acceptors (Lipinski definition) is 6. The van der Waals surface area contributed by atoms with Crippen LogP contribution < -0.4 is 15.4 Å². The third-order valence-electron chi connectivity index (χ3n) is 4.26. The maximum atomic E-state index is 6.02. The third kappa shape index (κ3) is 8.29. The van der Waals surface area contributed by atoms with Crippen LogP contribution in [0.3, 0.4) is 0 Å². The molecule has 2 N–H and O–H groups in total. The van der Waals surface area contributed by atoms with Gasteiger partial charge in [0.25, 0.3) is 0 Å². The highest BCUT2D eigenvalue weighted by molar-refractivity contribution is 14.0. The van der Waals surface area contributed by atoms with Crippen molar-refractivity contribution in [1.29, 1.82) is 0 Å². The quantitative estimate of drug-likeness (QED) is 0.158. The van der Waals surface area contributed by atoms with Gasteiger partial charge in [-0.15, -0.1) is 24.0 Å². The normalized spacial score (nSPS) is 11.0. The fourth-order valence-electron chi connectivity index (χ4n) is 2.76. The van der Waals surface area contributed by atoms with Crippen molar-refractivity contribution in [2.75, 3.05) is 39.2 Å². The summed E-state index contributed by atoms with van der Waals surface area (Å²) in [6, 6.07) is 15.1. The maximum absolute atomic E-state index is 6.02. The van der Waals surface area contributed by atoms with Crippen LogP contribution in [0.5, 0.6) is 5.75 Å². The molecule has 0 aliphatic heterocycles. The van der Waals surface area contributed by atoms with E-state index in [1.54, 1.807) is 26.3 Å². The van der Waals surface area contributed by atoms with Crippen LogP contribution in [0.4, 0.5) is 5.69 Å². The van der Waals surface area contributed by atoms with E-state index in [-0.39, 0.29) is 24.0 Å². The van der Waals surface area contributed by atoms with Gasteiger partial charge < -0.3 is 24.6 Å². The summed E-state index contributed by atoms with van der Waals surface area (Å²) >= 11 is 6.02. The van der Waals surface area contributed by atoms with Gasteiger partial charge in [0.05, 0.1) is 6.61 Å². The van der Waals surface area contributed by atoms with Gasteiger partial charge in [-0.05, 0) is 24.3 Å². The van der Waals surface area contributed by atoms with E-state index in [9.17, 15) is 0 Å². The molecule has 0 unspecified atom stereocenters. The highest BCUT2D eigenvalue weighted by Crippen LogP contribution is 2.20. The lowest BCUT2D eigenvalue weighted by molar-refractivity contribution is 0.172. The Hall–Kier alpha value is -2.37. The number of ether oxygens (including phenoxy) is 2. The third-order valence-corrected chi connectivity index (χ3v) is 4.50. The zero-order valence-electron chi connectivity index (χ0n) is 18.0. The van der Waals surface area contributed by atoms with Gasteiger partial charge >= 0.3 is 0 Å². The molecule has 0 bridgehead atoms. The second-order valence-electron chi connectivity index (χ2n) is 6.62. The SMILES string of the molecule is CN=C(NCCc1nc(-c2cccc(Cl)c2)no1)Nc1cccc(OCCCOC)c1.I. The first-order valence-corrected chi connectivity index (χ1v) is 10.3. The molecule has 3 rings (SSSR count). The number of rotatable bonds is 10. The molecule has 0 fully saturated rings. The topological polar surface area (TPSA) is 93.8 Å². The highest BCUT2D eigenvalue weighted by Gasteiger charge is 2.09. The summed E-state index contributed by atoms with van der Waals surface area (Å²) in [5, 5.41) is 11.1. The van der Waals surface area contributed by atoms with Gasteiger partial charge in [0.15, 0.2) is 5.96 Å². The first-order chi connectivity index (χ1) is 15.2. The Labute approximate surface area is 209 Å². The average molecular weight is 572 g/mol. The Bertz CT molecular complexity index is 999. The van der Waals surface area contributed by atoms with Crippen LogP contribution in [0.2, 0.25) is 5.02 Å². The van der Waals surface area contributed by atoms with E-state index in [2.05, 4.69) is 25.8 Å². The second-order valence-corrected chi connectivity index (χ2v) is 7.06. The monoisotopic (exact) mass is 571 g/mol. The van der Waals surface area contributed by atoms with Crippen molar-refractivity contribution in [3.8, 4) is 17.1 Å². The largest absolute Gasteiger partial charge is 0.493 e. The van der Waals surface area contributed by atoms with E-state index < -0.39 is 0 Å². The minimum Gasteiger partial charge on any atom is -0.493 e. The number of aliphatic imine (C=N–C) groups is 1. The van der Waals surface area contributed by atoms with Crippen LogP contribution in [0, 0.1) is 0 Å². The number of benzene rings is 2. The number of nitrogens with one attached hydrogen (secondary N) is 2. The molecule has 0 radical (unpaired) electrons. The molecule has 1 heterocycles. The zero-order valence-corrected chi connectivity index (χ0v) is 21.1. The van der Waals surface area contributed by atoms with Crippen LogP contribution in [-0.4, -0.2) is 50.0 Å². The molecule has 32 heavy (non-hydrogen) atoms. The van der Waals surface area contributed by atoms with Gasteiger partial charge in [-0.25, -0.2) is 0 Å². The molecule has 8 nitrogen and oxygen atoms in total. The molecule has 0 atom stereocenters. The molecule has 0 saturated carbocycles. The van der Waals surface area contributed by atoms with Crippen LogP contribution in [-0.2, 0) is 11.2 Å². The lowest BCUT2D eigenvalue weighted by Gasteiger charge is -2.12. The number of hydrogen-bond donors (Lipinski definition) is 2. The van der Waals surface area contributed by atoms with Crippen LogP contribution in [0.15, 0.2) is 58.0 Å². The summed E-state index contributed by atoms with van der Waals surface area (Å²) in [5.74, 6) is 2.47. The van der Waals surface area contributed by atoms with Crippen molar-refractivity contribution >= 4 is 47.2 Å². The van der Waals surface area contributed by atoms with Crippen molar-refractivity contribution in [2.45, 2.75) is 12.8 Å².